The fraction of sp³-hybridized carbons (Fsp3) is 0.250. The van der Waals surface area contributed by atoms with E-state index in [9.17, 15) is 9.59 Å². The third-order valence-corrected chi connectivity index (χ3v) is 4.89. The van der Waals surface area contributed by atoms with E-state index in [1.54, 1.807) is 12.1 Å². The second-order valence-corrected chi connectivity index (χ2v) is 7.22. The van der Waals surface area contributed by atoms with E-state index in [1.165, 1.54) is 10.9 Å². The molecule has 0 aliphatic carbocycles. The van der Waals surface area contributed by atoms with Crippen LogP contribution in [0.1, 0.15) is 30.5 Å². The third kappa shape index (κ3) is 4.02. The van der Waals surface area contributed by atoms with Gasteiger partial charge < -0.3 is 5.32 Å². The molecule has 0 aliphatic heterocycles. The van der Waals surface area contributed by atoms with E-state index in [-0.39, 0.29) is 23.9 Å². The van der Waals surface area contributed by atoms with E-state index < -0.39 is 0 Å². The van der Waals surface area contributed by atoms with Gasteiger partial charge in [-0.3, -0.25) is 14.2 Å². The maximum absolute atomic E-state index is 12.6. The Labute approximate surface area is 160 Å². The van der Waals surface area contributed by atoms with Crippen LogP contribution in [0, 0.1) is 6.92 Å². The summed E-state index contributed by atoms with van der Waals surface area (Å²) in [5.74, 6) is -0.0954. The number of nitrogens with one attached hydrogen (secondary N) is 1. The minimum atomic E-state index is -0.143. The van der Waals surface area contributed by atoms with Gasteiger partial charge in [0, 0.05) is 17.4 Å². The number of carbonyl (C=O) groups excluding carboxylic acids is 1. The van der Waals surface area contributed by atoms with Crippen LogP contribution in [-0.2, 0) is 11.3 Å². The van der Waals surface area contributed by atoms with Gasteiger partial charge in [-0.2, -0.15) is 0 Å². The zero-order valence-electron chi connectivity index (χ0n) is 14.7. The zero-order chi connectivity index (χ0) is 18.7. The van der Waals surface area contributed by atoms with Gasteiger partial charge in [0.1, 0.15) is 0 Å². The molecular weight excluding hydrogens is 394 g/mol. The Kier molecular flexibility index (Phi) is 5.52. The Hall–Kier alpha value is -2.47. The van der Waals surface area contributed by atoms with Crippen molar-refractivity contribution in [1.82, 2.24) is 14.9 Å². The quantitative estimate of drug-likeness (QED) is 0.692. The normalized spacial score (nSPS) is 12.1. The Morgan fingerprint density at radius 2 is 2.04 bits per heavy atom. The van der Waals surface area contributed by atoms with Gasteiger partial charge in [0.15, 0.2) is 0 Å². The van der Waals surface area contributed by atoms with Crippen molar-refractivity contribution in [3.05, 3.63) is 74.7 Å². The number of halogens is 1. The van der Waals surface area contributed by atoms with Gasteiger partial charge in [-0.05, 0) is 43.2 Å². The van der Waals surface area contributed by atoms with Crippen LogP contribution in [0.3, 0.4) is 0 Å². The van der Waals surface area contributed by atoms with Crippen LogP contribution in [0.5, 0.6) is 0 Å². The SMILES string of the molecule is Cc1ccccc1C(C)NC(=O)CCn1cnc2ccc(Br)cc2c1=O. The number of carbonyl (C=O) groups is 1. The highest BCUT2D eigenvalue weighted by Crippen LogP contribution is 2.17. The molecule has 1 N–H and O–H groups in total. The number of aryl methyl sites for hydroxylation is 2. The minimum Gasteiger partial charge on any atom is -0.350 e. The van der Waals surface area contributed by atoms with E-state index in [0.717, 1.165) is 15.6 Å². The predicted octanol–water partition coefficient (Wildman–Crippen LogP) is 3.73. The molecule has 1 amide bonds. The highest BCUT2D eigenvalue weighted by Gasteiger charge is 2.12. The summed E-state index contributed by atoms with van der Waals surface area (Å²) >= 11 is 3.37. The molecule has 0 saturated carbocycles. The van der Waals surface area contributed by atoms with Gasteiger partial charge in [-0.25, -0.2) is 4.98 Å². The molecule has 5 nitrogen and oxygen atoms in total. The lowest BCUT2D eigenvalue weighted by molar-refractivity contribution is -0.121. The van der Waals surface area contributed by atoms with Crippen LogP contribution >= 0.6 is 15.9 Å². The van der Waals surface area contributed by atoms with Crippen molar-refractivity contribution in [2.45, 2.75) is 32.9 Å². The van der Waals surface area contributed by atoms with Gasteiger partial charge >= 0.3 is 0 Å². The maximum atomic E-state index is 12.6. The van der Waals surface area contributed by atoms with Crippen molar-refractivity contribution in [3.63, 3.8) is 0 Å². The number of fused-ring (bicyclic) bond motifs is 1. The van der Waals surface area contributed by atoms with Crippen LogP contribution < -0.4 is 10.9 Å². The summed E-state index contributed by atoms with van der Waals surface area (Å²) in [7, 11) is 0. The fourth-order valence-electron chi connectivity index (χ4n) is 2.98. The number of benzene rings is 2. The summed E-state index contributed by atoms with van der Waals surface area (Å²) in [5.41, 5.74) is 2.74. The molecule has 6 heteroatoms. The van der Waals surface area contributed by atoms with Crippen molar-refractivity contribution < 1.29 is 4.79 Å². The summed E-state index contributed by atoms with van der Waals surface area (Å²) < 4.78 is 2.30. The van der Waals surface area contributed by atoms with Crippen LogP contribution in [-0.4, -0.2) is 15.5 Å². The molecule has 134 valence electrons. The fourth-order valence-corrected chi connectivity index (χ4v) is 3.34. The van der Waals surface area contributed by atoms with E-state index in [4.69, 9.17) is 0 Å². The van der Waals surface area contributed by atoms with Crippen molar-refractivity contribution in [2.24, 2.45) is 0 Å². The number of rotatable bonds is 5. The average molecular weight is 414 g/mol. The molecule has 26 heavy (non-hydrogen) atoms. The molecule has 2 aromatic carbocycles. The molecule has 0 fully saturated rings. The molecule has 0 bridgehead atoms. The second kappa shape index (κ2) is 7.83. The van der Waals surface area contributed by atoms with Crippen LogP contribution in [0.15, 0.2) is 58.1 Å². The molecule has 3 aromatic rings. The molecule has 1 heterocycles. The molecule has 1 atom stereocenters. The van der Waals surface area contributed by atoms with Crippen molar-refractivity contribution in [1.29, 1.82) is 0 Å². The maximum Gasteiger partial charge on any atom is 0.261 e. The van der Waals surface area contributed by atoms with E-state index in [2.05, 4.69) is 26.2 Å². The van der Waals surface area contributed by atoms with E-state index in [1.807, 2.05) is 44.2 Å². The number of aromatic nitrogens is 2. The van der Waals surface area contributed by atoms with Gasteiger partial charge in [0.05, 0.1) is 23.3 Å². The average Bonchev–Trinajstić information content (AvgIpc) is 2.62. The lowest BCUT2D eigenvalue weighted by Crippen LogP contribution is -2.29. The zero-order valence-corrected chi connectivity index (χ0v) is 16.3. The topological polar surface area (TPSA) is 64.0 Å². The number of hydrogen-bond acceptors (Lipinski definition) is 3. The lowest BCUT2D eigenvalue weighted by Gasteiger charge is -2.16. The van der Waals surface area contributed by atoms with Crippen molar-refractivity contribution in [2.75, 3.05) is 0 Å². The monoisotopic (exact) mass is 413 g/mol. The number of hydrogen-bond donors (Lipinski definition) is 1. The third-order valence-electron chi connectivity index (χ3n) is 4.40. The molecule has 0 aliphatic rings. The van der Waals surface area contributed by atoms with Gasteiger partial charge in [0.25, 0.3) is 5.56 Å². The van der Waals surface area contributed by atoms with Gasteiger partial charge in [-0.15, -0.1) is 0 Å². The standard InChI is InChI=1S/C20H20BrN3O2/c1-13-5-3-4-6-16(13)14(2)23-19(25)9-10-24-12-22-18-8-7-15(21)11-17(18)20(24)26/h3-8,11-12,14H,9-10H2,1-2H3,(H,23,25). The summed E-state index contributed by atoms with van der Waals surface area (Å²) in [6.45, 7) is 4.28. The minimum absolute atomic E-state index is 0.0777. The summed E-state index contributed by atoms with van der Waals surface area (Å²) in [5, 5.41) is 3.53. The summed E-state index contributed by atoms with van der Waals surface area (Å²) in [6.07, 6.45) is 1.72. The Balaban J connectivity index is 1.68. The molecular formula is C20H20BrN3O2. The first-order valence-electron chi connectivity index (χ1n) is 8.45. The molecule has 3 rings (SSSR count). The molecule has 0 saturated heterocycles. The predicted molar refractivity (Wildman–Crippen MR) is 106 cm³/mol. The molecule has 0 spiro atoms. The van der Waals surface area contributed by atoms with Crippen molar-refractivity contribution in [3.8, 4) is 0 Å². The highest BCUT2D eigenvalue weighted by molar-refractivity contribution is 9.10. The van der Waals surface area contributed by atoms with Crippen LogP contribution in [0.2, 0.25) is 0 Å². The van der Waals surface area contributed by atoms with E-state index in [0.29, 0.717) is 17.4 Å². The molecule has 1 unspecified atom stereocenters. The Morgan fingerprint density at radius 3 is 2.81 bits per heavy atom. The molecule has 1 aromatic heterocycles. The molecule has 0 radical (unpaired) electrons. The highest BCUT2D eigenvalue weighted by atomic mass is 79.9. The van der Waals surface area contributed by atoms with Crippen molar-refractivity contribution >= 4 is 32.7 Å². The van der Waals surface area contributed by atoms with E-state index >= 15 is 0 Å². The Bertz CT molecular complexity index is 1010. The Morgan fingerprint density at radius 1 is 1.27 bits per heavy atom. The summed E-state index contributed by atoms with van der Waals surface area (Å²) in [4.78, 5) is 29.1. The summed E-state index contributed by atoms with van der Waals surface area (Å²) in [6, 6.07) is 13.3. The van der Waals surface area contributed by atoms with Gasteiger partial charge in [0.2, 0.25) is 5.91 Å². The van der Waals surface area contributed by atoms with Crippen LogP contribution in [0.4, 0.5) is 0 Å². The smallest absolute Gasteiger partial charge is 0.261 e. The lowest BCUT2D eigenvalue weighted by atomic mass is 10.0. The first-order valence-corrected chi connectivity index (χ1v) is 9.24. The van der Waals surface area contributed by atoms with Crippen LogP contribution in [0.25, 0.3) is 10.9 Å². The largest absolute Gasteiger partial charge is 0.350 e. The first kappa shape index (κ1) is 18.3. The van der Waals surface area contributed by atoms with Gasteiger partial charge in [-0.1, -0.05) is 40.2 Å². The second-order valence-electron chi connectivity index (χ2n) is 6.30. The number of amides is 1. The number of nitrogens with zero attached hydrogens (tertiary/aromatic N) is 2. The first-order chi connectivity index (χ1) is 12.5.